The molecule has 0 fully saturated rings. The Balaban J connectivity index is 2.62. The van der Waals surface area contributed by atoms with Gasteiger partial charge in [-0.3, -0.25) is 0 Å². The van der Waals surface area contributed by atoms with Crippen LogP contribution in [-0.2, 0) is 6.42 Å². The zero-order valence-electron chi connectivity index (χ0n) is 8.30. The third kappa shape index (κ3) is 2.29. The molecule has 0 saturated carbocycles. The number of nitrogens with zero attached hydrogens (tertiary/aromatic N) is 2. The quantitative estimate of drug-likeness (QED) is 0.780. The number of benzene rings is 1. The van der Waals surface area contributed by atoms with Crippen molar-refractivity contribution in [2.45, 2.75) is 19.8 Å². The minimum atomic E-state index is 0.532. The fourth-order valence-electron chi connectivity index (χ4n) is 1.44. The predicted molar refractivity (Wildman–Crippen MR) is 66.2 cm³/mol. The second-order valence-corrected chi connectivity index (χ2v) is 4.62. The number of aryl methyl sites for hydroxylation is 1. The van der Waals surface area contributed by atoms with Gasteiger partial charge in [0.15, 0.2) is 0 Å². The lowest BCUT2D eigenvalue weighted by molar-refractivity contribution is 0.844. The normalized spacial score (nSPS) is 10.9. The summed E-state index contributed by atoms with van der Waals surface area (Å²) in [5, 5.41) is 1.43. The van der Waals surface area contributed by atoms with Gasteiger partial charge in [0, 0.05) is 16.3 Å². The molecule has 0 amide bonds. The maximum absolute atomic E-state index is 6.10. The van der Waals surface area contributed by atoms with Crippen molar-refractivity contribution in [3.63, 3.8) is 0 Å². The van der Waals surface area contributed by atoms with Crippen LogP contribution < -0.4 is 0 Å². The molecule has 1 aromatic carbocycles. The predicted octanol–water partition coefficient (Wildman–Crippen LogP) is 4.00. The van der Waals surface area contributed by atoms with Crippen LogP contribution in [0, 0.1) is 0 Å². The lowest BCUT2D eigenvalue weighted by Crippen LogP contribution is -1.95. The van der Waals surface area contributed by atoms with Crippen molar-refractivity contribution in [2.75, 3.05) is 0 Å². The SMILES string of the molecule is CCCc1nc(Cl)c2cc(Br)ccc2n1. The molecular weight excluding hydrogens is 275 g/mol. The number of halogens is 2. The summed E-state index contributed by atoms with van der Waals surface area (Å²) in [6.07, 6.45) is 1.89. The highest BCUT2D eigenvalue weighted by atomic mass is 79.9. The maximum Gasteiger partial charge on any atom is 0.140 e. The van der Waals surface area contributed by atoms with E-state index in [9.17, 15) is 0 Å². The third-order valence-corrected chi connectivity index (χ3v) is 2.91. The van der Waals surface area contributed by atoms with Gasteiger partial charge in [0.25, 0.3) is 0 Å². The Morgan fingerprint density at radius 3 is 2.87 bits per heavy atom. The van der Waals surface area contributed by atoms with E-state index in [2.05, 4.69) is 32.8 Å². The molecule has 1 aromatic heterocycles. The van der Waals surface area contributed by atoms with Gasteiger partial charge in [-0.25, -0.2) is 9.97 Å². The largest absolute Gasteiger partial charge is 0.233 e. The van der Waals surface area contributed by atoms with Gasteiger partial charge < -0.3 is 0 Å². The van der Waals surface area contributed by atoms with Crippen LogP contribution in [0.4, 0.5) is 0 Å². The molecule has 15 heavy (non-hydrogen) atoms. The molecule has 0 unspecified atom stereocenters. The van der Waals surface area contributed by atoms with E-state index < -0.39 is 0 Å². The van der Waals surface area contributed by atoms with Gasteiger partial charge in [-0.05, 0) is 24.6 Å². The number of hydrogen-bond acceptors (Lipinski definition) is 2. The summed E-state index contributed by atoms with van der Waals surface area (Å²) in [6, 6.07) is 5.85. The second-order valence-electron chi connectivity index (χ2n) is 3.34. The number of fused-ring (bicyclic) bond motifs is 1. The Morgan fingerprint density at radius 1 is 1.33 bits per heavy atom. The Labute approximate surface area is 102 Å². The number of hydrogen-bond donors (Lipinski definition) is 0. The van der Waals surface area contributed by atoms with Gasteiger partial charge in [0.05, 0.1) is 5.52 Å². The molecule has 0 bridgehead atoms. The van der Waals surface area contributed by atoms with E-state index in [-0.39, 0.29) is 0 Å². The fourth-order valence-corrected chi connectivity index (χ4v) is 2.05. The first-order valence-corrected chi connectivity index (χ1v) is 5.99. The second kappa shape index (κ2) is 4.45. The van der Waals surface area contributed by atoms with Crippen LogP contribution in [0.2, 0.25) is 5.15 Å². The molecule has 1 heterocycles. The zero-order chi connectivity index (χ0) is 10.8. The molecule has 0 atom stereocenters. The first-order chi connectivity index (χ1) is 7.20. The molecule has 2 nitrogen and oxygen atoms in total. The van der Waals surface area contributed by atoms with Gasteiger partial charge in [0.2, 0.25) is 0 Å². The molecule has 0 saturated heterocycles. The van der Waals surface area contributed by atoms with Crippen LogP contribution in [0.3, 0.4) is 0 Å². The van der Waals surface area contributed by atoms with E-state index >= 15 is 0 Å². The lowest BCUT2D eigenvalue weighted by atomic mass is 10.2. The van der Waals surface area contributed by atoms with Crippen molar-refractivity contribution in [1.29, 1.82) is 0 Å². The van der Waals surface area contributed by atoms with Crippen LogP contribution in [0.25, 0.3) is 10.9 Å². The Bertz CT molecular complexity index is 499. The van der Waals surface area contributed by atoms with Crippen molar-refractivity contribution in [2.24, 2.45) is 0 Å². The highest BCUT2D eigenvalue weighted by Crippen LogP contribution is 2.24. The van der Waals surface area contributed by atoms with Crippen LogP contribution in [-0.4, -0.2) is 9.97 Å². The van der Waals surface area contributed by atoms with Crippen LogP contribution in [0.1, 0.15) is 19.2 Å². The molecule has 2 rings (SSSR count). The van der Waals surface area contributed by atoms with E-state index in [4.69, 9.17) is 11.6 Å². The minimum absolute atomic E-state index is 0.532. The van der Waals surface area contributed by atoms with Crippen LogP contribution in [0.5, 0.6) is 0 Å². The molecule has 78 valence electrons. The first kappa shape index (κ1) is 10.8. The van der Waals surface area contributed by atoms with Crippen LogP contribution >= 0.6 is 27.5 Å². The Morgan fingerprint density at radius 2 is 2.13 bits per heavy atom. The molecule has 0 N–H and O–H groups in total. The monoisotopic (exact) mass is 284 g/mol. The van der Waals surface area contributed by atoms with Crippen molar-refractivity contribution >= 4 is 38.4 Å². The highest BCUT2D eigenvalue weighted by molar-refractivity contribution is 9.10. The Kier molecular flexibility index (Phi) is 3.22. The highest BCUT2D eigenvalue weighted by Gasteiger charge is 2.05. The average Bonchev–Trinajstić information content (AvgIpc) is 2.20. The van der Waals surface area contributed by atoms with E-state index in [0.29, 0.717) is 5.15 Å². The van der Waals surface area contributed by atoms with E-state index in [1.54, 1.807) is 0 Å². The summed E-state index contributed by atoms with van der Waals surface area (Å²) >= 11 is 9.50. The first-order valence-electron chi connectivity index (χ1n) is 4.82. The van der Waals surface area contributed by atoms with Gasteiger partial charge in [-0.1, -0.05) is 34.5 Å². The summed E-state index contributed by atoms with van der Waals surface area (Å²) in [4.78, 5) is 8.72. The third-order valence-electron chi connectivity index (χ3n) is 2.13. The van der Waals surface area contributed by atoms with Crippen molar-refractivity contribution in [1.82, 2.24) is 9.97 Å². The van der Waals surface area contributed by atoms with E-state index in [1.165, 1.54) is 0 Å². The Hall–Kier alpha value is -0.670. The summed E-state index contributed by atoms with van der Waals surface area (Å²) in [5.41, 5.74) is 0.904. The molecule has 0 radical (unpaired) electrons. The summed E-state index contributed by atoms with van der Waals surface area (Å²) in [6.45, 7) is 2.10. The molecule has 2 aromatic rings. The molecular formula is C11H10BrClN2. The van der Waals surface area contributed by atoms with Crippen LogP contribution in [0.15, 0.2) is 22.7 Å². The summed E-state index contributed by atoms with van der Waals surface area (Å²) in [7, 11) is 0. The summed E-state index contributed by atoms with van der Waals surface area (Å²) < 4.78 is 0.990. The van der Waals surface area contributed by atoms with E-state index in [1.807, 2.05) is 18.2 Å². The standard InChI is InChI=1S/C11H10BrClN2/c1-2-3-10-14-9-5-4-7(12)6-8(9)11(13)15-10/h4-6H,2-3H2,1H3. The average molecular weight is 286 g/mol. The van der Waals surface area contributed by atoms with E-state index in [0.717, 1.165) is 34.0 Å². The smallest absolute Gasteiger partial charge is 0.140 e. The topological polar surface area (TPSA) is 25.8 Å². The van der Waals surface area contributed by atoms with Gasteiger partial charge in [-0.2, -0.15) is 0 Å². The maximum atomic E-state index is 6.10. The van der Waals surface area contributed by atoms with Crippen molar-refractivity contribution in [3.8, 4) is 0 Å². The number of aromatic nitrogens is 2. The zero-order valence-corrected chi connectivity index (χ0v) is 10.6. The minimum Gasteiger partial charge on any atom is -0.233 e. The van der Waals surface area contributed by atoms with Gasteiger partial charge >= 0.3 is 0 Å². The lowest BCUT2D eigenvalue weighted by Gasteiger charge is -2.03. The van der Waals surface area contributed by atoms with Gasteiger partial charge in [-0.15, -0.1) is 0 Å². The molecule has 0 aliphatic heterocycles. The molecule has 4 heteroatoms. The fraction of sp³-hybridized carbons (Fsp3) is 0.273. The molecule has 0 spiro atoms. The van der Waals surface area contributed by atoms with Gasteiger partial charge in [0.1, 0.15) is 11.0 Å². The number of rotatable bonds is 2. The molecule has 0 aliphatic carbocycles. The van der Waals surface area contributed by atoms with Crippen molar-refractivity contribution < 1.29 is 0 Å². The summed E-state index contributed by atoms with van der Waals surface area (Å²) in [5.74, 6) is 0.817. The molecule has 0 aliphatic rings. The van der Waals surface area contributed by atoms with Crippen molar-refractivity contribution in [3.05, 3.63) is 33.6 Å².